The van der Waals surface area contributed by atoms with Gasteiger partial charge in [-0.05, 0) is 73.9 Å². The Kier molecular flexibility index (Phi) is 8.56. The Morgan fingerprint density at radius 2 is 1.69 bits per heavy atom. The quantitative estimate of drug-likeness (QED) is 0.269. The zero-order valence-corrected chi connectivity index (χ0v) is 25.7. The minimum absolute atomic E-state index is 0.00537. The van der Waals surface area contributed by atoms with Crippen LogP contribution < -0.4 is 5.32 Å². The van der Waals surface area contributed by atoms with Gasteiger partial charge >= 0.3 is 6.09 Å². The summed E-state index contributed by atoms with van der Waals surface area (Å²) in [6, 6.07) is 13.3. The standard InChI is InChI=1S/C34H37N7O4/c1-4-30(42)40-17-5-7-28(40)31-35-20-25(37-31)15-11-22-9-12-23(13-10-22)24-14-16-26-27(19-24)39-32(38-26)29-8-6-18-41(29)33(43)21(2)36-34(44)45-3/h9-10,12-14,16,19-21,28-29H,4-8,17-18H2,1-3H3,(H,35,37)(H,36,44)(H,38,39)/t21-,28-,29-/m0/s1. The molecule has 0 aliphatic carbocycles. The van der Waals surface area contributed by atoms with Crippen molar-refractivity contribution in [3.05, 3.63) is 71.6 Å². The molecule has 0 radical (unpaired) electrons. The number of alkyl carbamates (subject to hydrolysis) is 1. The van der Waals surface area contributed by atoms with Crippen molar-refractivity contribution in [3.63, 3.8) is 0 Å². The number of methoxy groups -OCH3 is 1. The van der Waals surface area contributed by atoms with Crippen molar-refractivity contribution < 1.29 is 19.1 Å². The number of carbonyl (C=O) groups is 3. The van der Waals surface area contributed by atoms with E-state index in [1.54, 1.807) is 18.0 Å². The molecule has 0 spiro atoms. The molecule has 2 fully saturated rings. The summed E-state index contributed by atoms with van der Waals surface area (Å²) in [6.45, 7) is 4.93. The van der Waals surface area contributed by atoms with Crippen molar-refractivity contribution in [2.45, 2.75) is 64.1 Å². The monoisotopic (exact) mass is 607 g/mol. The van der Waals surface area contributed by atoms with E-state index in [4.69, 9.17) is 4.98 Å². The summed E-state index contributed by atoms with van der Waals surface area (Å²) < 4.78 is 4.64. The minimum atomic E-state index is -0.695. The molecule has 2 aromatic carbocycles. The van der Waals surface area contributed by atoms with Gasteiger partial charge in [0.1, 0.15) is 23.4 Å². The molecule has 3 amide bonds. The number of H-pyrrole nitrogens is 2. The Bertz CT molecular complexity index is 1780. The van der Waals surface area contributed by atoms with Crippen molar-refractivity contribution in [3.8, 4) is 23.0 Å². The Labute approximate surface area is 261 Å². The Balaban J connectivity index is 1.14. The fourth-order valence-electron chi connectivity index (χ4n) is 6.24. The van der Waals surface area contributed by atoms with Crippen LogP contribution in [0.1, 0.15) is 80.9 Å². The number of fused-ring (bicyclic) bond motifs is 1. The summed E-state index contributed by atoms with van der Waals surface area (Å²) in [6.07, 6.45) is 5.15. The highest BCUT2D eigenvalue weighted by molar-refractivity contribution is 5.86. The molecule has 3 atom stereocenters. The second-order valence-electron chi connectivity index (χ2n) is 11.5. The lowest BCUT2D eigenvalue weighted by Crippen LogP contribution is -2.46. The maximum atomic E-state index is 13.1. The fraction of sp³-hybridized carbons (Fsp3) is 0.382. The summed E-state index contributed by atoms with van der Waals surface area (Å²) in [5, 5.41) is 2.56. The smallest absolute Gasteiger partial charge is 0.407 e. The first-order chi connectivity index (χ1) is 21.8. The first-order valence-electron chi connectivity index (χ1n) is 15.5. The van der Waals surface area contributed by atoms with Gasteiger partial charge in [-0.3, -0.25) is 9.59 Å². The highest BCUT2D eigenvalue weighted by atomic mass is 16.5. The molecular weight excluding hydrogens is 570 g/mol. The molecule has 232 valence electrons. The van der Waals surface area contributed by atoms with Gasteiger partial charge in [-0.2, -0.15) is 0 Å². The van der Waals surface area contributed by atoms with Gasteiger partial charge in [-0.15, -0.1) is 0 Å². The van der Waals surface area contributed by atoms with E-state index in [0.717, 1.165) is 77.3 Å². The van der Waals surface area contributed by atoms with Crippen LogP contribution in [-0.2, 0) is 14.3 Å². The number of rotatable bonds is 6. The summed E-state index contributed by atoms with van der Waals surface area (Å²) >= 11 is 0. The summed E-state index contributed by atoms with van der Waals surface area (Å²) in [4.78, 5) is 56.7. The zero-order valence-electron chi connectivity index (χ0n) is 25.7. The maximum Gasteiger partial charge on any atom is 0.407 e. The molecule has 2 aromatic heterocycles. The number of carbonyl (C=O) groups excluding carboxylic acids is 3. The second-order valence-corrected chi connectivity index (χ2v) is 11.5. The number of hydrogen-bond acceptors (Lipinski definition) is 6. The molecule has 11 heteroatoms. The summed E-state index contributed by atoms with van der Waals surface area (Å²) in [5.41, 5.74) is 5.41. The van der Waals surface area contributed by atoms with Gasteiger partial charge in [0.15, 0.2) is 0 Å². The third kappa shape index (κ3) is 6.27. The predicted molar refractivity (Wildman–Crippen MR) is 169 cm³/mol. The third-order valence-corrected chi connectivity index (χ3v) is 8.59. The van der Waals surface area contributed by atoms with Crippen LogP contribution in [0, 0.1) is 11.8 Å². The third-order valence-electron chi connectivity index (χ3n) is 8.59. The van der Waals surface area contributed by atoms with Crippen molar-refractivity contribution in [1.29, 1.82) is 0 Å². The molecule has 3 N–H and O–H groups in total. The maximum absolute atomic E-state index is 13.1. The number of amides is 3. The van der Waals surface area contributed by atoms with E-state index in [1.807, 2.05) is 48.2 Å². The Morgan fingerprint density at radius 1 is 0.978 bits per heavy atom. The van der Waals surface area contributed by atoms with Gasteiger partial charge in [0.25, 0.3) is 0 Å². The lowest BCUT2D eigenvalue weighted by atomic mass is 10.0. The largest absolute Gasteiger partial charge is 0.453 e. The highest BCUT2D eigenvalue weighted by Gasteiger charge is 2.35. The molecule has 0 unspecified atom stereocenters. The van der Waals surface area contributed by atoms with Gasteiger partial charge in [-0.1, -0.05) is 31.0 Å². The zero-order chi connectivity index (χ0) is 31.5. The SMILES string of the molecule is CCC(=O)N1CCC[C@H]1c1ncc(C#Cc2ccc(-c3ccc4nc([C@@H]5CCCN5C(=O)[C@H](C)NC(=O)OC)[nH]c4c3)cc2)[nH]1. The molecule has 45 heavy (non-hydrogen) atoms. The lowest BCUT2D eigenvalue weighted by Gasteiger charge is -2.26. The molecule has 4 heterocycles. The van der Waals surface area contributed by atoms with Crippen molar-refractivity contribution >= 4 is 28.9 Å². The van der Waals surface area contributed by atoms with E-state index >= 15 is 0 Å². The average molecular weight is 608 g/mol. The van der Waals surface area contributed by atoms with Gasteiger partial charge in [0.2, 0.25) is 11.8 Å². The van der Waals surface area contributed by atoms with Crippen LogP contribution >= 0.6 is 0 Å². The van der Waals surface area contributed by atoms with E-state index in [-0.39, 0.29) is 23.9 Å². The molecular formula is C34H37N7O4. The first-order valence-corrected chi connectivity index (χ1v) is 15.5. The topological polar surface area (TPSA) is 136 Å². The van der Waals surface area contributed by atoms with Crippen LogP contribution in [-0.4, -0.2) is 73.9 Å². The Hall–Kier alpha value is -5.11. The highest BCUT2D eigenvalue weighted by Crippen LogP contribution is 2.33. The van der Waals surface area contributed by atoms with Crippen molar-refractivity contribution in [1.82, 2.24) is 35.1 Å². The van der Waals surface area contributed by atoms with Crippen LogP contribution in [0.5, 0.6) is 0 Å². The number of likely N-dealkylation sites (tertiary alicyclic amines) is 2. The number of nitrogens with one attached hydrogen (secondary N) is 3. The number of hydrogen-bond donors (Lipinski definition) is 3. The summed E-state index contributed by atoms with van der Waals surface area (Å²) in [7, 11) is 1.28. The van der Waals surface area contributed by atoms with Gasteiger partial charge in [0, 0.05) is 25.1 Å². The fourth-order valence-corrected chi connectivity index (χ4v) is 6.24. The number of nitrogens with zero attached hydrogens (tertiary/aromatic N) is 4. The molecule has 6 rings (SSSR count). The molecule has 0 bridgehead atoms. The van der Waals surface area contributed by atoms with E-state index in [0.29, 0.717) is 13.0 Å². The van der Waals surface area contributed by atoms with Gasteiger partial charge < -0.3 is 29.8 Å². The Morgan fingerprint density at radius 3 is 2.42 bits per heavy atom. The van der Waals surface area contributed by atoms with Crippen LogP contribution in [0.4, 0.5) is 4.79 Å². The minimum Gasteiger partial charge on any atom is -0.453 e. The van der Waals surface area contributed by atoms with Crippen LogP contribution in [0.3, 0.4) is 0 Å². The van der Waals surface area contributed by atoms with E-state index in [2.05, 4.69) is 42.9 Å². The first kappa shape index (κ1) is 29.9. The van der Waals surface area contributed by atoms with Crippen molar-refractivity contribution in [2.24, 2.45) is 0 Å². The molecule has 11 nitrogen and oxygen atoms in total. The van der Waals surface area contributed by atoms with Crippen molar-refractivity contribution in [2.75, 3.05) is 20.2 Å². The summed E-state index contributed by atoms with van der Waals surface area (Å²) in [5.74, 6) is 7.90. The van der Waals surface area contributed by atoms with Crippen LogP contribution in [0.25, 0.3) is 22.2 Å². The number of aromatic amines is 2. The van der Waals surface area contributed by atoms with E-state index in [1.165, 1.54) is 7.11 Å². The lowest BCUT2D eigenvalue weighted by molar-refractivity contribution is -0.134. The molecule has 2 aliphatic rings. The number of benzene rings is 2. The van der Waals surface area contributed by atoms with E-state index in [9.17, 15) is 14.4 Å². The second kappa shape index (κ2) is 12.9. The molecule has 2 aliphatic heterocycles. The predicted octanol–water partition coefficient (Wildman–Crippen LogP) is 4.83. The molecule has 4 aromatic rings. The normalized spacial score (nSPS) is 18.5. The molecule has 2 saturated heterocycles. The van der Waals surface area contributed by atoms with Gasteiger partial charge in [-0.25, -0.2) is 14.8 Å². The number of ether oxygens (including phenoxy) is 1. The number of imidazole rings is 2. The van der Waals surface area contributed by atoms with Crippen LogP contribution in [0.2, 0.25) is 0 Å². The average Bonchev–Trinajstić information content (AvgIpc) is 3.88. The molecule has 0 saturated carbocycles. The number of aromatic nitrogens is 4. The van der Waals surface area contributed by atoms with Gasteiger partial charge in [0.05, 0.1) is 36.4 Å². The van der Waals surface area contributed by atoms with Crippen LogP contribution in [0.15, 0.2) is 48.7 Å². The van der Waals surface area contributed by atoms with E-state index < -0.39 is 12.1 Å².